The summed E-state index contributed by atoms with van der Waals surface area (Å²) in [5.41, 5.74) is 12.6. The molecule has 6 aliphatic heterocycles. The summed E-state index contributed by atoms with van der Waals surface area (Å²) in [7, 11) is 0. The summed E-state index contributed by atoms with van der Waals surface area (Å²) in [4.78, 5) is 32.8. The van der Waals surface area contributed by atoms with Crippen LogP contribution < -0.4 is 14.5 Å². The van der Waals surface area contributed by atoms with Crippen molar-refractivity contribution in [3.63, 3.8) is 0 Å². The lowest BCUT2D eigenvalue weighted by Crippen LogP contribution is -2.40. The number of nitrogens with zero attached hydrogens (tertiary/aromatic N) is 2. The molecule has 0 atom stereocenters. The zero-order valence-electron chi connectivity index (χ0n) is 26.9. The van der Waals surface area contributed by atoms with Crippen molar-refractivity contribution in [1.82, 2.24) is 0 Å². The molecule has 6 aliphatic rings. The van der Waals surface area contributed by atoms with Gasteiger partial charge in [0.15, 0.2) is 11.4 Å². The molecule has 0 radical (unpaired) electrons. The fourth-order valence-corrected chi connectivity index (χ4v) is 9.62. The van der Waals surface area contributed by atoms with Crippen LogP contribution in [0.5, 0.6) is 11.5 Å². The van der Waals surface area contributed by atoms with Crippen LogP contribution >= 0.6 is 0 Å². The first-order chi connectivity index (χ1) is 23.0. The van der Waals surface area contributed by atoms with E-state index in [9.17, 15) is 9.59 Å². The van der Waals surface area contributed by atoms with Crippen LogP contribution in [-0.2, 0) is 42.4 Å². The Kier molecular flexibility index (Phi) is 5.83. The normalized spacial score (nSPS) is 19.2. The highest BCUT2D eigenvalue weighted by atomic mass is 16.6. The lowest BCUT2D eigenvalue weighted by Gasteiger charge is -2.45. The molecule has 0 aliphatic carbocycles. The number of fused-ring (bicyclic) bond motifs is 8. The molecule has 6 nitrogen and oxygen atoms in total. The van der Waals surface area contributed by atoms with E-state index < -0.39 is 5.60 Å². The first kappa shape index (κ1) is 27.5. The van der Waals surface area contributed by atoms with Crippen molar-refractivity contribution < 1.29 is 19.1 Å². The van der Waals surface area contributed by atoms with Crippen LogP contribution in [0.25, 0.3) is 0 Å². The lowest BCUT2D eigenvalue weighted by molar-refractivity contribution is 0.0222. The molecule has 0 fully saturated rings. The van der Waals surface area contributed by atoms with Gasteiger partial charge >= 0.3 is 5.97 Å². The maximum Gasteiger partial charge on any atom is 0.340 e. The Hall–Kier alpha value is -4.58. The molecule has 0 saturated heterocycles. The number of esters is 1. The Labute approximate surface area is 275 Å². The number of rotatable bonds is 3. The average molecular weight is 623 g/mol. The van der Waals surface area contributed by atoms with Crippen LogP contribution in [0.15, 0.2) is 54.6 Å². The summed E-state index contributed by atoms with van der Waals surface area (Å²) in [6, 6.07) is 18.3. The van der Waals surface area contributed by atoms with Gasteiger partial charge in [-0.2, -0.15) is 0 Å². The van der Waals surface area contributed by atoms with E-state index >= 15 is 0 Å². The number of carbonyl (C=O) groups excluding carboxylic acids is 2. The lowest BCUT2D eigenvalue weighted by atomic mass is 9.72. The third-order valence-corrected chi connectivity index (χ3v) is 11.5. The molecule has 0 amide bonds. The molecule has 0 aromatic heterocycles. The fraction of sp³-hybridized carbons (Fsp3) is 0.366. The molecule has 4 aromatic rings. The minimum absolute atomic E-state index is 0.00268. The SMILES string of the molecule is Cc1cccc(CC(=O)c2ccc3c(c2)C(=O)OC32c3cc4c5c(c3Oc3c2cc2c6c3CCCN6CCC2)CCCN5CCC4)c1. The van der Waals surface area contributed by atoms with E-state index in [0.29, 0.717) is 11.1 Å². The van der Waals surface area contributed by atoms with Crippen LogP contribution in [0.3, 0.4) is 0 Å². The van der Waals surface area contributed by atoms with Gasteiger partial charge < -0.3 is 19.3 Å². The molecule has 0 bridgehead atoms. The monoisotopic (exact) mass is 622 g/mol. The van der Waals surface area contributed by atoms with E-state index in [1.165, 1.54) is 33.6 Å². The number of hydrogen-bond acceptors (Lipinski definition) is 6. The molecule has 6 heteroatoms. The predicted octanol–water partition coefficient (Wildman–Crippen LogP) is 7.39. The second-order valence-corrected chi connectivity index (χ2v) is 14.4. The number of anilines is 2. The number of Topliss-reactive ketones (excluding diaryl/α,β-unsaturated/α-hetero) is 1. The van der Waals surface area contributed by atoms with Gasteiger partial charge in [-0.25, -0.2) is 4.79 Å². The Morgan fingerprint density at radius 1 is 0.745 bits per heavy atom. The number of carbonyl (C=O) groups is 2. The Morgan fingerprint density at radius 3 is 1.98 bits per heavy atom. The zero-order valence-corrected chi connectivity index (χ0v) is 26.9. The summed E-state index contributed by atoms with van der Waals surface area (Å²) in [6.07, 6.45) is 8.61. The number of benzene rings is 4. The van der Waals surface area contributed by atoms with Crippen molar-refractivity contribution in [1.29, 1.82) is 0 Å². The van der Waals surface area contributed by atoms with E-state index in [0.717, 1.165) is 117 Å². The van der Waals surface area contributed by atoms with E-state index in [1.54, 1.807) is 6.07 Å². The van der Waals surface area contributed by atoms with Crippen LogP contribution in [0.4, 0.5) is 11.4 Å². The van der Waals surface area contributed by atoms with Crippen molar-refractivity contribution >= 4 is 23.1 Å². The van der Waals surface area contributed by atoms with Gasteiger partial charge in [0.1, 0.15) is 11.5 Å². The number of ether oxygens (including phenoxy) is 2. The number of aryl methyl sites for hydroxylation is 3. The smallest absolute Gasteiger partial charge is 0.340 e. The van der Waals surface area contributed by atoms with Crippen LogP contribution in [0.1, 0.15) is 96.5 Å². The highest BCUT2D eigenvalue weighted by Crippen LogP contribution is 2.62. The van der Waals surface area contributed by atoms with Crippen molar-refractivity contribution in [2.24, 2.45) is 0 Å². The second kappa shape index (κ2) is 9.96. The topological polar surface area (TPSA) is 59.1 Å². The largest absolute Gasteiger partial charge is 0.456 e. The summed E-state index contributed by atoms with van der Waals surface area (Å²) >= 11 is 0. The second-order valence-electron chi connectivity index (χ2n) is 14.4. The number of hydrogen-bond donors (Lipinski definition) is 0. The van der Waals surface area contributed by atoms with Crippen LogP contribution in [0, 0.1) is 6.92 Å². The fourth-order valence-electron chi connectivity index (χ4n) is 9.62. The molecule has 0 saturated carbocycles. The van der Waals surface area contributed by atoms with Crippen molar-refractivity contribution in [3.8, 4) is 11.5 Å². The number of ketones is 1. The van der Waals surface area contributed by atoms with Crippen molar-refractivity contribution in [2.75, 3.05) is 36.0 Å². The Morgan fingerprint density at radius 2 is 1.36 bits per heavy atom. The standard InChI is InChI=1S/C41H38N2O4/c1-24-7-2-8-25(19-24)20-35(44)26-13-14-32-31(21-26)40(45)47-41(32)33-22-27-9-3-15-42-17-5-11-29(36(27)42)38(33)46-39-30-12-6-18-43-16-4-10-28(37(30)43)23-34(39)41/h2,7-8,13-14,19,21-23H,3-6,9-12,15-18,20H2,1H3. The predicted molar refractivity (Wildman–Crippen MR) is 182 cm³/mol. The molecule has 0 N–H and O–H groups in total. The summed E-state index contributed by atoms with van der Waals surface area (Å²) in [5.74, 6) is 1.39. The summed E-state index contributed by atoms with van der Waals surface area (Å²) < 4.78 is 14.0. The van der Waals surface area contributed by atoms with E-state index in [1.807, 2.05) is 43.3 Å². The molecular formula is C41H38N2O4. The Balaban J connectivity index is 1.20. The van der Waals surface area contributed by atoms with E-state index in [-0.39, 0.29) is 18.2 Å². The third kappa shape index (κ3) is 3.84. The Bertz CT molecular complexity index is 1980. The molecule has 1 spiro atoms. The van der Waals surface area contributed by atoms with Gasteiger partial charge in [0.25, 0.3) is 0 Å². The van der Waals surface area contributed by atoms with Gasteiger partial charge in [-0.05, 0) is 93.2 Å². The minimum atomic E-state index is -1.12. The van der Waals surface area contributed by atoms with Gasteiger partial charge in [0.2, 0.25) is 0 Å². The molecule has 6 heterocycles. The molecule has 47 heavy (non-hydrogen) atoms. The van der Waals surface area contributed by atoms with E-state index in [4.69, 9.17) is 9.47 Å². The van der Waals surface area contributed by atoms with E-state index in [2.05, 4.69) is 21.9 Å². The highest BCUT2D eigenvalue weighted by molar-refractivity contribution is 6.03. The highest BCUT2D eigenvalue weighted by Gasteiger charge is 2.56. The first-order valence-electron chi connectivity index (χ1n) is 17.5. The molecule has 236 valence electrons. The summed E-state index contributed by atoms with van der Waals surface area (Å²) in [5, 5.41) is 0. The molecule has 4 aromatic carbocycles. The van der Waals surface area contributed by atoms with Gasteiger partial charge in [-0.1, -0.05) is 42.0 Å². The van der Waals surface area contributed by atoms with Gasteiger partial charge in [-0.3, -0.25) is 4.79 Å². The maximum absolute atomic E-state index is 14.2. The minimum Gasteiger partial charge on any atom is -0.456 e. The van der Waals surface area contributed by atoms with Gasteiger partial charge in [0.05, 0.1) is 5.56 Å². The van der Waals surface area contributed by atoms with Crippen LogP contribution in [-0.4, -0.2) is 37.9 Å². The zero-order chi connectivity index (χ0) is 31.4. The first-order valence-corrected chi connectivity index (χ1v) is 17.5. The molecule has 10 rings (SSSR count). The van der Waals surface area contributed by atoms with Crippen molar-refractivity contribution in [3.05, 3.63) is 116 Å². The van der Waals surface area contributed by atoms with Crippen molar-refractivity contribution in [2.45, 2.75) is 70.3 Å². The van der Waals surface area contributed by atoms with Gasteiger partial charge in [0, 0.05) is 77.4 Å². The maximum atomic E-state index is 14.2. The van der Waals surface area contributed by atoms with Crippen LogP contribution in [0.2, 0.25) is 0 Å². The molecular weight excluding hydrogens is 584 g/mol. The third-order valence-electron chi connectivity index (χ3n) is 11.5. The molecule has 0 unspecified atom stereocenters. The quantitative estimate of drug-likeness (QED) is 0.176. The summed E-state index contributed by atoms with van der Waals surface area (Å²) in [6.45, 7) is 6.34. The van der Waals surface area contributed by atoms with Gasteiger partial charge in [-0.15, -0.1) is 0 Å². The average Bonchev–Trinajstić information content (AvgIpc) is 3.38.